The van der Waals surface area contributed by atoms with E-state index in [1.807, 2.05) is 19.1 Å². The van der Waals surface area contributed by atoms with Crippen molar-refractivity contribution in [2.75, 3.05) is 36.0 Å². The van der Waals surface area contributed by atoms with E-state index >= 15 is 0 Å². The lowest BCUT2D eigenvalue weighted by Gasteiger charge is -2.36. The van der Waals surface area contributed by atoms with E-state index in [9.17, 15) is 9.18 Å². The van der Waals surface area contributed by atoms with Crippen molar-refractivity contribution >= 4 is 28.4 Å². The molecule has 0 saturated carbocycles. The van der Waals surface area contributed by atoms with E-state index in [4.69, 9.17) is 0 Å². The Morgan fingerprint density at radius 3 is 2.33 bits per heavy atom. The zero-order valence-electron chi connectivity index (χ0n) is 11.8. The van der Waals surface area contributed by atoms with Crippen LogP contribution in [0.4, 0.5) is 15.2 Å². The van der Waals surface area contributed by atoms with E-state index in [0.29, 0.717) is 4.88 Å². The monoisotopic (exact) mass is 305 g/mol. The first-order chi connectivity index (χ1) is 10.2. The van der Waals surface area contributed by atoms with Crippen LogP contribution in [0.2, 0.25) is 0 Å². The number of nitrogens with zero attached hydrogens (tertiary/aromatic N) is 3. The van der Waals surface area contributed by atoms with Gasteiger partial charge in [0.25, 0.3) is 0 Å². The maximum absolute atomic E-state index is 12.9. The minimum absolute atomic E-state index is 0.211. The molecule has 1 saturated heterocycles. The summed E-state index contributed by atoms with van der Waals surface area (Å²) in [6, 6.07) is 6.59. The molecule has 0 bridgehead atoms. The average Bonchev–Trinajstić information content (AvgIpc) is 2.89. The van der Waals surface area contributed by atoms with Crippen LogP contribution < -0.4 is 9.80 Å². The Morgan fingerprint density at radius 2 is 1.76 bits per heavy atom. The molecular formula is C15H16FN3OS. The smallest absolute Gasteiger partial charge is 0.186 e. The lowest BCUT2D eigenvalue weighted by molar-refractivity contribution is 0.112. The minimum Gasteiger partial charge on any atom is -0.368 e. The molecule has 1 aromatic heterocycles. The fourth-order valence-electron chi connectivity index (χ4n) is 2.45. The summed E-state index contributed by atoms with van der Waals surface area (Å²) in [5.41, 5.74) is 1.84. The Labute approximate surface area is 126 Å². The molecule has 0 atom stereocenters. The van der Waals surface area contributed by atoms with Crippen molar-refractivity contribution in [3.8, 4) is 0 Å². The maximum Gasteiger partial charge on any atom is 0.186 e. The molecular weight excluding hydrogens is 289 g/mol. The lowest BCUT2D eigenvalue weighted by Crippen LogP contribution is -2.46. The molecule has 6 heteroatoms. The van der Waals surface area contributed by atoms with Crippen molar-refractivity contribution in [2.45, 2.75) is 6.92 Å². The summed E-state index contributed by atoms with van der Waals surface area (Å²) >= 11 is 1.44. The van der Waals surface area contributed by atoms with E-state index in [-0.39, 0.29) is 5.82 Å². The van der Waals surface area contributed by atoms with E-state index in [0.717, 1.165) is 49.0 Å². The summed E-state index contributed by atoms with van der Waals surface area (Å²) in [5, 5.41) is 0.911. The normalized spacial score (nSPS) is 15.3. The average molecular weight is 305 g/mol. The number of thiazole rings is 1. The molecule has 1 aliphatic heterocycles. The molecule has 110 valence electrons. The number of hydrogen-bond donors (Lipinski definition) is 0. The fourth-order valence-corrected chi connectivity index (χ4v) is 3.38. The number of hydrogen-bond acceptors (Lipinski definition) is 5. The summed E-state index contributed by atoms with van der Waals surface area (Å²) < 4.78 is 12.9. The summed E-state index contributed by atoms with van der Waals surface area (Å²) in [4.78, 5) is 20.5. The van der Waals surface area contributed by atoms with Crippen LogP contribution >= 0.6 is 11.3 Å². The molecule has 0 radical (unpaired) electrons. The Morgan fingerprint density at radius 1 is 1.14 bits per heavy atom. The van der Waals surface area contributed by atoms with Crippen LogP contribution in [0.3, 0.4) is 0 Å². The number of piperazine rings is 1. The quantitative estimate of drug-likeness (QED) is 0.817. The number of carbonyl (C=O) groups excluding carboxylic acids is 1. The first kappa shape index (κ1) is 14.0. The molecule has 0 spiro atoms. The zero-order valence-corrected chi connectivity index (χ0v) is 12.6. The molecule has 0 amide bonds. The van der Waals surface area contributed by atoms with Gasteiger partial charge in [0.2, 0.25) is 0 Å². The van der Waals surface area contributed by atoms with E-state index in [1.54, 1.807) is 0 Å². The highest BCUT2D eigenvalue weighted by Crippen LogP contribution is 2.26. The Bertz CT molecular complexity index is 633. The summed E-state index contributed by atoms with van der Waals surface area (Å²) in [6.45, 7) is 5.28. The van der Waals surface area contributed by atoms with Crippen LogP contribution in [0.1, 0.15) is 15.4 Å². The summed E-state index contributed by atoms with van der Waals surface area (Å²) in [6.07, 6.45) is 0.866. The van der Waals surface area contributed by atoms with Gasteiger partial charge in [-0.1, -0.05) is 11.3 Å². The SMILES string of the molecule is Cc1nc(N2CCN(c3ccc(F)cc3)CC2)sc1C=O. The van der Waals surface area contributed by atoms with Gasteiger partial charge in [0.05, 0.1) is 10.6 Å². The third kappa shape index (κ3) is 2.90. The molecule has 2 heterocycles. The molecule has 1 aliphatic rings. The predicted octanol–water partition coefficient (Wildman–Crippen LogP) is 2.73. The first-order valence-electron chi connectivity index (χ1n) is 6.85. The largest absolute Gasteiger partial charge is 0.368 e. The van der Waals surface area contributed by atoms with Crippen molar-refractivity contribution in [1.29, 1.82) is 0 Å². The first-order valence-corrected chi connectivity index (χ1v) is 7.67. The van der Waals surface area contributed by atoms with Crippen molar-refractivity contribution in [3.05, 3.63) is 40.7 Å². The topological polar surface area (TPSA) is 36.4 Å². The highest BCUT2D eigenvalue weighted by Gasteiger charge is 2.20. The number of halogens is 1. The molecule has 1 aromatic carbocycles. The van der Waals surface area contributed by atoms with Gasteiger partial charge in [-0.2, -0.15) is 0 Å². The van der Waals surface area contributed by atoms with Crippen LogP contribution in [-0.2, 0) is 0 Å². The number of anilines is 2. The number of rotatable bonds is 3. The van der Waals surface area contributed by atoms with Gasteiger partial charge in [0.15, 0.2) is 11.4 Å². The molecule has 0 unspecified atom stereocenters. The lowest BCUT2D eigenvalue weighted by atomic mass is 10.2. The van der Waals surface area contributed by atoms with Crippen LogP contribution in [0.5, 0.6) is 0 Å². The fraction of sp³-hybridized carbons (Fsp3) is 0.333. The number of aromatic nitrogens is 1. The van der Waals surface area contributed by atoms with Gasteiger partial charge in [-0.3, -0.25) is 4.79 Å². The predicted molar refractivity (Wildman–Crippen MR) is 83.1 cm³/mol. The third-order valence-electron chi connectivity index (χ3n) is 3.67. The van der Waals surface area contributed by atoms with Gasteiger partial charge in [-0.15, -0.1) is 0 Å². The highest BCUT2D eigenvalue weighted by molar-refractivity contribution is 7.17. The van der Waals surface area contributed by atoms with Gasteiger partial charge in [0.1, 0.15) is 5.82 Å². The number of aldehydes is 1. The number of benzene rings is 1. The van der Waals surface area contributed by atoms with Gasteiger partial charge in [0, 0.05) is 31.9 Å². The second kappa shape index (κ2) is 5.81. The van der Waals surface area contributed by atoms with Crippen LogP contribution in [-0.4, -0.2) is 37.4 Å². The van der Waals surface area contributed by atoms with Crippen LogP contribution in [0.25, 0.3) is 0 Å². The van der Waals surface area contributed by atoms with Crippen molar-refractivity contribution < 1.29 is 9.18 Å². The third-order valence-corrected chi connectivity index (χ3v) is 4.81. The highest BCUT2D eigenvalue weighted by atomic mass is 32.1. The minimum atomic E-state index is -0.211. The molecule has 4 nitrogen and oxygen atoms in total. The van der Waals surface area contributed by atoms with Gasteiger partial charge >= 0.3 is 0 Å². The maximum atomic E-state index is 12.9. The molecule has 3 rings (SSSR count). The molecule has 0 aliphatic carbocycles. The number of carbonyl (C=O) groups is 1. The molecule has 2 aromatic rings. The molecule has 1 fully saturated rings. The summed E-state index contributed by atoms with van der Waals surface area (Å²) in [5.74, 6) is -0.211. The van der Waals surface area contributed by atoms with Gasteiger partial charge in [-0.05, 0) is 31.2 Å². The summed E-state index contributed by atoms with van der Waals surface area (Å²) in [7, 11) is 0. The Balaban J connectivity index is 1.67. The van der Waals surface area contributed by atoms with Crippen molar-refractivity contribution in [1.82, 2.24) is 4.98 Å². The van der Waals surface area contributed by atoms with Crippen molar-refractivity contribution in [2.24, 2.45) is 0 Å². The zero-order chi connectivity index (χ0) is 14.8. The standard InChI is InChI=1S/C15H16FN3OS/c1-11-14(10-20)21-15(17-11)19-8-6-18(7-9-19)13-4-2-12(16)3-5-13/h2-5,10H,6-9H2,1H3. The molecule has 21 heavy (non-hydrogen) atoms. The van der Waals surface area contributed by atoms with Crippen LogP contribution in [0.15, 0.2) is 24.3 Å². The Kier molecular flexibility index (Phi) is 3.88. The van der Waals surface area contributed by atoms with Crippen LogP contribution in [0, 0.1) is 12.7 Å². The Hall–Kier alpha value is -1.95. The number of aryl methyl sites for hydroxylation is 1. The van der Waals surface area contributed by atoms with E-state index in [1.165, 1.54) is 23.5 Å². The van der Waals surface area contributed by atoms with Gasteiger partial charge < -0.3 is 9.80 Å². The van der Waals surface area contributed by atoms with E-state index in [2.05, 4.69) is 14.8 Å². The van der Waals surface area contributed by atoms with E-state index < -0.39 is 0 Å². The van der Waals surface area contributed by atoms with Gasteiger partial charge in [-0.25, -0.2) is 9.37 Å². The molecule has 0 N–H and O–H groups in total. The second-order valence-corrected chi connectivity index (χ2v) is 6.02. The van der Waals surface area contributed by atoms with Crippen molar-refractivity contribution in [3.63, 3.8) is 0 Å². The second-order valence-electron chi connectivity index (χ2n) is 5.01.